The number of nitrogens with zero attached hydrogens (tertiary/aromatic N) is 1. The van der Waals surface area contributed by atoms with Crippen LogP contribution in [0.2, 0.25) is 10.0 Å². The predicted octanol–water partition coefficient (Wildman–Crippen LogP) is 6.79. The molecule has 0 aromatic heterocycles. The molecule has 0 unspecified atom stereocenters. The molecule has 0 spiro atoms. The van der Waals surface area contributed by atoms with Crippen molar-refractivity contribution in [3.63, 3.8) is 0 Å². The van der Waals surface area contributed by atoms with Gasteiger partial charge in [-0.3, -0.25) is 4.79 Å². The molecule has 0 aliphatic heterocycles. The molecular formula is C24H22BrCl2NO4S. The molecule has 0 saturated heterocycles. The van der Waals surface area contributed by atoms with Crippen molar-refractivity contribution in [1.82, 2.24) is 0 Å². The number of aryl methyl sites for hydroxylation is 3. The molecule has 0 aliphatic rings. The zero-order chi connectivity index (χ0) is 24.5. The summed E-state index contributed by atoms with van der Waals surface area (Å²) in [5.74, 6) is -0.344. The molecule has 0 radical (unpaired) electrons. The Kier molecular flexibility index (Phi) is 7.79. The average Bonchev–Trinajstić information content (AvgIpc) is 2.76. The summed E-state index contributed by atoms with van der Waals surface area (Å²) >= 11 is 15.6. The van der Waals surface area contributed by atoms with Gasteiger partial charge in [-0.1, -0.05) is 35.3 Å². The van der Waals surface area contributed by atoms with Crippen LogP contribution < -0.4 is 9.04 Å². The van der Waals surface area contributed by atoms with Crippen LogP contribution >= 0.6 is 39.1 Å². The lowest BCUT2D eigenvalue weighted by molar-refractivity contribution is -0.119. The second kappa shape index (κ2) is 10.1. The molecule has 5 nitrogen and oxygen atoms in total. The minimum Gasteiger partial charge on any atom is -0.483 e. The largest absolute Gasteiger partial charge is 0.483 e. The number of halogens is 3. The van der Waals surface area contributed by atoms with Gasteiger partial charge in [-0.05, 0) is 102 Å². The standard InChI is InChI=1S/C24H22BrCl2NO4S/c1-14-5-6-15(2)20(11-14)28(33(30,31)19-9-7-18(26)8-10-19)22(29)13-32-21-12-16(3)24(27)17(4)23(21)25/h5-12H,13H2,1-4H3. The van der Waals surface area contributed by atoms with Gasteiger partial charge >= 0.3 is 0 Å². The average molecular weight is 571 g/mol. The van der Waals surface area contributed by atoms with Crippen molar-refractivity contribution in [2.24, 2.45) is 0 Å². The van der Waals surface area contributed by atoms with E-state index >= 15 is 0 Å². The molecule has 0 aliphatic carbocycles. The van der Waals surface area contributed by atoms with Crippen LogP contribution in [0.4, 0.5) is 5.69 Å². The Bertz CT molecular complexity index is 1330. The van der Waals surface area contributed by atoms with Gasteiger partial charge in [-0.15, -0.1) is 0 Å². The highest BCUT2D eigenvalue weighted by Gasteiger charge is 2.32. The van der Waals surface area contributed by atoms with Gasteiger partial charge in [0, 0.05) is 10.0 Å². The summed E-state index contributed by atoms with van der Waals surface area (Å²) in [5, 5.41) is 0.975. The van der Waals surface area contributed by atoms with Gasteiger partial charge in [0.2, 0.25) is 0 Å². The van der Waals surface area contributed by atoms with E-state index in [1.54, 1.807) is 25.1 Å². The molecule has 174 valence electrons. The SMILES string of the molecule is Cc1ccc(C)c(N(C(=O)COc2cc(C)c(Cl)c(C)c2Br)S(=O)(=O)c2ccc(Cl)cc2)c1. The second-order valence-electron chi connectivity index (χ2n) is 7.64. The van der Waals surface area contributed by atoms with Gasteiger partial charge in [0.1, 0.15) is 5.75 Å². The third-order valence-corrected chi connectivity index (χ3v) is 8.65. The Morgan fingerprint density at radius 1 is 0.970 bits per heavy atom. The highest BCUT2D eigenvalue weighted by Crippen LogP contribution is 2.36. The normalized spacial score (nSPS) is 11.4. The van der Waals surface area contributed by atoms with Crippen molar-refractivity contribution in [3.05, 3.63) is 85.3 Å². The summed E-state index contributed by atoms with van der Waals surface area (Å²) in [6.45, 7) is 6.72. The van der Waals surface area contributed by atoms with E-state index in [0.717, 1.165) is 21.0 Å². The first-order valence-electron chi connectivity index (χ1n) is 9.92. The van der Waals surface area contributed by atoms with Crippen LogP contribution in [-0.2, 0) is 14.8 Å². The zero-order valence-electron chi connectivity index (χ0n) is 18.4. The van der Waals surface area contributed by atoms with E-state index in [0.29, 0.717) is 25.8 Å². The number of amides is 1. The van der Waals surface area contributed by atoms with Crippen molar-refractivity contribution in [2.45, 2.75) is 32.6 Å². The van der Waals surface area contributed by atoms with E-state index < -0.39 is 22.5 Å². The van der Waals surface area contributed by atoms with Crippen molar-refractivity contribution >= 4 is 60.7 Å². The van der Waals surface area contributed by atoms with Crippen molar-refractivity contribution in [2.75, 3.05) is 10.9 Å². The summed E-state index contributed by atoms with van der Waals surface area (Å²) in [7, 11) is -4.23. The maximum atomic E-state index is 13.6. The summed E-state index contributed by atoms with van der Waals surface area (Å²) in [6, 6.07) is 12.6. The first-order chi connectivity index (χ1) is 15.4. The van der Waals surface area contributed by atoms with Gasteiger partial charge in [0.15, 0.2) is 6.61 Å². The van der Waals surface area contributed by atoms with Crippen LogP contribution in [0.15, 0.2) is 57.9 Å². The Morgan fingerprint density at radius 3 is 2.24 bits per heavy atom. The van der Waals surface area contributed by atoms with E-state index in [1.165, 1.54) is 24.3 Å². The molecule has 0 N–H and O–H groups in total. The predicted molar refractivity (Wildman–Crippen MR) is 136 cm³/mol. The summed E-state index contributed by atoms with van der Waals surface area (Å²) in [6.07, 6.45) is 0. The monoisotopic (exact) mass is 569 g/mol. The number of hydrogen-bond donors (Lipinski definition) is 0. The molecule has 3 rings (SSSR count). The molecule has 0 heterocycles. The molecule has 3 aromatic rings. The molecule has 9 heteroatoms. The number of rotatable bonds is 6. The van der Waals surface area contributed by atoms with E-state index in [2.05, 4.69) is 15.9 Å². The lowest BCUT2D eigenvalue weighted by Gasteiger charge is -2.25. The Labute approximate surface area is 212 Å². The Balaban J connectivity index is 2.04. The number of anilines is 1. The smallest absolute Gasteiger partial charge is 0.278 e. The molecular weight excluding hydrogens is 549 g/mol. The minimum absolute atomic E-state index is 0.0551. The maximum absolute atomic E-state index is 13.6. The van der Waals surface area contributed by atoms with E-state index in [1.807, 2.05) is 26.8 Å². The number of benzene rings is 3. The van der Waals surface area contributed by atoms with Gasteiger partial charge < -0.3 is 4.74 Å². The number of ether oxygens (including phenoxy) is 1. The molecule has 0 bridgehead atoms. The van der Waals surface area contributed by atoms with Gasteiger partial charge in [0.25, 0.3) is 15.9 Å². The number of sulfonamides is 1. The number of carbonyl (C=O) groups is 1. The molecule has 3 aromatic carbocycles. The van der Waals surface area contributed by atoms with Crippen molar-refractivity contribution < 1.29 is 17.9 Å². The Morgan fingerprint density at radius 2 is 1.61 bits per heavy atom. The first-order valence-corrected chi connectivity index (χ1v) is 12.9. The summed E-state index contributed by atoms with van der Waals surface area (Å²) in [5.41, 5.74) is 3.25. The van der Waals surface area contributed by atoms with Gasteiger partial charge in [0.05, 0.1) is 15.1 Å². The van der Waals surface area contributed by atoms with E-state index in [9.17, 15) is 13.2 Å². The van der Waals surface area contributed by atoms with Crippen LogP contribution in [0.1, 0.15) is 22.3 Å². The fraction of sp³-hybridized carbons (Fsp3) is 0.208. The summed E-state index contributed by atoms with van der Waals surface area (Å²) < 4.78 is 34.3. The van der Waals surface area contributed by atoms with Crippen molar-refractivity contribution in [3.8, 4) is 5.75 Å². The topological polar surface area (TPSA) is 63.7 Å². The van der Waals surface area contributed by atoms with Crippen LogP contribution in [-0.4, -0.2) is 20.9 Å². The Hall–Kier alpha value is -2.06. The molecule has 33 heavy (non-hydrogen) atoms. The lowest BCUT2D eigenvalue weighted by Crippen LogP contribution is -2.40. The number of hydrogen-bond acceptors (Lipinski definition) is 4. The first kappa shape index (κ1) is 25.6. The molecule has 0 saturated carbocycles. The minimum atomic E-state index is -4.23. The molecule has 0 atom stereocenters. The highest BCUT2D eigenvalue weighted by atomic mass is 79.9. The second-order valence-corrected chi connectivity index (χ2v) is 11.0. The molecule has 1 amide bonds. The zero-order valence-corrected chi connectivity index (χ0v) is 22.4. The fourth-order valence-electron chi connectivity index (χ4n) is 3.25. The highest BCUT2D eigenvalue weighted by molar-refractivity contribution is 9.10. The van der Waals surface area contributed by atoms with Crippen LogP contribution in [0, 0.1) is 27.7 Å². The van der Waals surface area contributed by atoms with Gasteiger partial charge in [-0.2, -0.15) is 4.31 Å². The third-order valence-electron chi connectivity index (χ3n) is 5.08. The number of carbonyl (C=O) groups excluding carboxylic acids is 1. The lowest BCUT2D eigenvalue weighted by atomic mass is 10.1. The van der Waals surface area contributed by atoms with Gasteiger partial charge in [-0.25, -0.2) is 8.42 Å². The van der Waals surface area contributed by atoms with Crippen molar-refractivity contribution in [1.29, 1.82) is 0 Å². The quantitative estimate of drug-likeness (QED) is 0.327. The fourth-order valence-corrected chi connectivity index (χ4v) is 5.54. The van der Waals surface area contributed by atoms with Crippen LogP contribution in [0.5, 0.6) is 5.75 Å². The van der Waals surface area contributed by atoms with Crippen LogP contribution in [0.25, 0.3) is 0 Å². The molecule has 0 fully saturated rings. The third kappa shape index (κ3) is 5.38. The van der Waals surface area contributed by atoms with Crippen LogP contribution in [0.3, 0.4) is 0 Å². The van der Waals surface area contributed by atoms with E-state index in [4.69, 9.17) is 27.9 Å². The summed E-state index contributed by atoms with van der Waals surface area (Å²) in [4.78, 5) is 13.3. The van der Waals surface area contributed by atoms with E-state index in [-0.39, 0.29) is 10.6 Å². The maximum Gasteiger partial charge on any atom is 0.278 e.